The average molecular weight is 243 g/mol. The summed E-state index contributed by atoms with van der Waals surface area (Å²) in [4.78, 5) is 9.26. The molecule has 0 fully saturated rings. The molecule has 1 heterocycles. The van der Waals surface area contributed by atoms with Gasteiger partial charge in [-0.25, -0.2) is 4.79 Å². The lowest BCUT2D eigenvalue weighted by molar-refractivity contribution is -0.158. The molecule has 2 rings (SSSR count). The van der Waals surface area contributed by atoms with Gasteiger partial charge >= 0.3 is 12.6 Å². The number of carboxylic acid groups (broad SMARTS) is 1. The number of amides is 1. The van der Waals surface area contributed by atoms with Crippen LogP contribution in [0.15, 0.2) is 18.2 Å². The number of nitrogens with one attached hydrogen (secondary N) is 1. The number of benzene rings is 1. The van der Waals surface area contributed by atoms with Crippen molar-refractivity contribution in [1.29, 1.82) is 0 Å². The van der Waals surface area contributed by atoms with E-state index in [1.807, 2.05) is 5.32 Å². The number of hydrogen-bond acceptors (Lipinski definition) is 5. The average Bonchev–Trinajstić information content (AvgIpc) is 2.74. The molecule has 1 atom stereocenters. The number of aromatic hydroxyl groups is 1. The number of phenolic OH excluding ortho intramolecular Hbond substituents is 1. The number of carbonyl (C=O) groups is 1. The highest BCUT2D eigenvalue weighted by molar-refractivity contribution is 5.63. The summed E-state index contributed by atoms with van der Waals surface area (Å²) < 4.78 is 15.0. The van der Waals surface area contributed by atoms with Crippen LogP contribution in [0, 0.1) is 0 Å². The van der Waals surface area contributed by atoms with Gasteiger partial charge in [0.15, 0.2) is 11.5 Å². The Hall–Kier alpha value is -2.15. The van der Waals surface area contributed by atoms with Gasteiger partial charge in [-0.1, -0.05) is 6.07 Å². The van der Waals surface area contributed by atoms with E-state index in [1.54, 1.807) is 12.1 Å². The zero-order chi connectivity index (χ0) is 12.8. The fourth-order valence-electron chi connectivity index (χ4n) is 1.04. The van der Waals surface area contributed by atoms with Crippen molar-refractivity contribution in [3.63, 3.8) is 0 Å². The maximum atomic E-state index is 9.28. The lowest BCUT2D eigenvalue weighted by atomic mass is 10.3. The van der Waals surface area contributed by atoms with E-state index in [0.29, 0.717) is 11.5 Å². The fraction of sp³-hybridized carbons (Fsp3) is 0.300. The molecule has 7 heteroatoms. The van der Waals surface area contributed by atoms with Gasteiger partial charge in [-0.3, -0.25) is 0 Å². The summed E-state index contributed by atoms with van der Waals surface area (Å²) in [5, 5.41) is 18.8. The highest BCUT2D eigenvalue weighted by atomic mass is 16.9. The van der Waals surface area contributed by atoms with Crippen LogP contribution in [0.5, 0.6) is 17.2 Å². The Balaban J connectivity index is 0.000000249. The first-order valence-corrected chi connectivity index (χ1v) is 4.67. The Morgan fingerprint density at radius 3 is 2.59 bits per heavy atom. The minimum atomic E-state index is -0.995. The van der Waals surface area contributed by atoms with Gasteiger partial charge in [-0.2, -0.15) is 0 Å². The first-order chi connectivity index (χ1) is 8.08. The van der Waals surface area contributed by atoms with Crippen molar-refractivity contribution in [2.24, 2.45) is 0 Å². The van der Waals surface area contributed by atoms with E-state index >= 15 is 0 Å². The highest BCUT2D eigenvalue weighted by Gasteiger charge is 2.26. The molecule has 1 aromatic rings. The molecule has 0 aliphatic carbocycles. The van der Waals surface area contributed by atoms with Crippen molar-refractivity contribution in [3.05, 3.63) is 18.2 Å². The first kappa shape index (κ1) is 12.9. The van der Waals surface area contributed by atoms with Crippen molar-refractivity contribution < 1.29 is 29.2 Å². The summed E-state index contributed by atoms with van der Waals surface area (Å²) in [5.74, 6) is 0.901. The Morgan fingerprint density at radius 2 is 2.12 bits per heavy atom. The second-order valence-electron chi connectivity index (χ2n) is 2.92. The third-order valence-corrected chi connectivity index (χ3v) is 1.80. The molecule has 0 bridgehead atoms. The maximum Gasteiger partial charge on any atom is 0.404 e. The van der Waals surface area contributed by atoms with E-state index in [2.05, 4.69) is 0 Å². The number of phenols is 1. The van der Waals surface area contributed by atoms with Gasteiger partial charge in [-0.05, 0) is 12.1 Å². The quantitative estimate of drug-likeness (QED) is 0.680. The van der Waals surface area contributed by atoms with Crippen molar-refractivity contribution in [2.75, 3.05) is 14.2 Å². The van der Waals surface area contributed by atoms with Crippen LogP contribution in [0.1, 0.15) is 0 Å². The van der Waals surface area contributed by atoms with Crippen molar-refractivity contribution in [1.82, 2.24) is 5.32 Å². The summed E-state index contributed by atoms with van der Waals surface area (Å²) in [7, 11) is 2.82. The lowest BCUT2D eigenvalue weighted by Gasteiger charge is -2.05. The molecule has 1 aliphatic heterocycles. The standard InChI is InChI=1S/C8H8O4.C2H5NO2/c1-10-8-11-6-4-2-3-5(9)7(6)12-8;1-3-2(4)5/h2-4,8-9H,1H3;3H,1H3,(H,4,5). The molecule has 0 aromatic heterocycles. The second-order valence-corrected chi connectivity index (χ2v) is 2.92. The van der Waals surface area contributed by atoms with Crippen LogP contribution in [-0.2, 0) is 4.74 Å². The van der Waals surface area contributed by atoms with E-state index in [4.69, 9.17) is 19.3 Å². The van der Waals surface area contributed by atoms with Gasteiger partial charge in [0.2, 0.25) is 5.75 Å². The molecule has 0 saturated carbocycles. The summed E-state index contributed by atoms with van der Waals surface area (Å²) in [6.07, 6.45) is -0.995. The third kappa shape index (κ3) is 3.42. The summed E-state index contributed by atoms with van der Waals surface area (Å²) in [6, 6.07) is 4.91. The predicted octanol–water partition coefficient (Wildman–Crippen LogP) is 0.977. The van der Waals surface area contributed by atoms with Crippen LogP contribution in [-0.4, -0.2) is 36.9 Å². The van der Waals surface area contributed by atoms with Gasteiger partial charge < -0.3 is 29.7 Å². The monoisotopic (exact) mass is 243 g/mol. The molecule has 0 spiro atoms. The predicted molar refractivity (Wildman–Crippen MR) is 57.2 cm³/mol. The zero-order valence-corrected chi connectivity index (χ0v) is 9.34. The Kier molecular flexibility index (Phi) is 4.41. The molecule has 1 aromatic carbocycles. The number of hydrogen-bond donors (Lipinski definition) is 3. The molecule has 1 amide bonds. The number of ether oxygens (including phenoxy) is 3. The van der Waals surface area contributed by atoms with E-state index in [-0.39, 0.29) is 5.75 Å². The molecular weight excluding hydrogens is 230 g/mol. The minimum absolute atomic E-state index is 0.0621. The Bertz CT molecular complexity index is 394. The van der Waals surface area contributed by atoms with Gasteiger partial charge in [0.05, 0.1) is 0 Å². The molecule has 0 saturated heterocycles. The number of para-hydroxylation sites is 1. The summed E-state index contributed by atoms with van der Waals surface area (Å²) >= 11 is 0. The van der Waals surface area contributed by atoms with Gasteiger partial charge in [0, 0.05) is 14.2 Å². The van der Waals surface area contributed by atoms with E-state index < -0.39 is 12.6 Å². The van der Waals surface area contributed by atoms with Crippen LogP contribution in [0.25, 0.3) is 0 Å². The summed E-state index contributed by atoms with van der Waals surface area (Å²) in [6.45, 7) is -0.742. The van der Waals surface area contributed by atoms with Crippen LogP contribution in [0.3, 0.4) is 0 Å². The normalized spacial score (nSPS) is 15.8. The van der Waals surface area contributed by atoms with Crippen molar-refractivity contribution in [3.8, 4) is 17.2 Å². The second kappa shape index (κ2) is 5.80. The van der Waals surface area contributed by atoms with Crippen molar-refractivity contribution >= 4 is 6.09 Å². The Labute approximate surface area is 97.5 Å². The van der Waals surface area contributed by atoms with E-state index in [9.17, 15) is 9.90 Å². The molecule has 17 heavy (non-hydrogen) atoms. The molecule has 3 N–H and O–H groups in total. The first-order valence-electron chi connectivity index (χ1n) is 4.67. The summed E-state index contributed by atoms with van der Waals surface area (Å²) in [5.41, 5.74) is 0. The van der Waals surface area contributed by atoms with Crippen LogP contribution < -0.4 is 14.8 Å². The van der Waals surface area contributed by atoms with Gasteiger partial charge in [0.25, 0.3) is 0 Å². The van der Waals surface area contributed by atoms with E-state index in [1.165, 1.54) is 20.2 Å². The van der Waals surface area contributed by atoms with Crippen LogP contribution >= 0.6 is 0 Å². The van der Waals surface area contributed by atoms with Gasteiger partial charge in [-0.15, -0.1) is 0 Å². The van der Waals surface area contributed by atoms with Crippen LogP contribution in [0.4, 0.5) is 4.79 Å². The van der Waals surface area contributed by atoms with E-state index in [0.717, 1.165) is 0 Å². The number of rotatable bonds is 1. The molecule has 1 aliphatic rings. The highest BCUT2D eigenvalue weighted by Crippen LogP contribution is 2.41. The molecule has 7 nitrogen and oxygen atoms in total. The largest absolute Gasteiger partial charge is 0.504 e. The third-order valence-electron chi connectivity index (χ3n) is 1.80. The minimum Gasteiger partial charge on any atom is -0.504 e. The molecule has 94 valence electrons. The van der Waals surface area contributed by atoms with Crippen molar-refractivity contribution in [2.45, 2.75) is 6.48 Å². The lowest BCUT2D eigenvalue weighted by Crippen LogP contribution is -2.19. The smallest absolute Gasteiger partial charge is 0.404 e. The SMILES string of the molecule is CNC(=O)O.COC1Oc2cccc(O)c2O1. The molecule has 1 unspecified atom stereocenters. The number of fused-ring (bicyclic) bond motifs is 1. The maximum absolute atomic E-state index is 9.28. The Morgan fingerprint density at radius 1 is 1.47 bits per heavy atom. The number of methoxy groups -OCH3 is 1. The zero-order valence-electron chi connectivity index (χ0n) is 9.34. The fourth-order valence-corrected chi connectivity index (χ4v) is 1.04. The van der Waals surface area contributed by atoms with Crippen LogP contribution in [0.2, 0.25) is 0 Å². The van der Waals surface area contributed by atoms with Gasteiger partial charge in [0.1, 0.15) is 0 Å². The molecular formula is C10H13NO6. The molecule has 0 radical (unpaired) electrons. The topological polar surface area (TPSA) is 97.3 Å².